The molecule has 9 heteroatoms. The summed E-state index contributed by atoms with van der Waals surface area (Å²) in [5, 5.41) is 13.4. The van der Waals surface area contributed by atoms with Crippen LogP contribution in [0.15, 0.2) is 36.5 Å². The van der Waals surface area contributed by atoms with Crippen molar-refractivity contribution in [3.8, 4) is 0 Å². The first-order valence-electron chi connectivity index (χ1n) is 8.25. The maximum absolute atomic E-state index is 12.2. The first-order chi connectivity index (χ1) is 12.9. The lowest BCUT2D eigenvalue weighted by atomic mass is 10.1. The summed E-state index contributed by atoms with van der Waals surface area (Å²) < 4.78 is 0. The Kier molecular flexibility index (Phi) is 6.81. The van der Waals surface area contributed by atoms with Gasteiger partial charge in [0.05, 0.1) is 12.5 Å². The van der Waals surface area contributed by atoms with Crippen molar-refractivity contribution in [3.63, 3.8) is 0 Å². The molecule has 2 atom stereocenters. The molecule has 142 valence electrons. The molecule has 0 spiro atoms. The summed E-state index contributed by atoms with van der Waals surface area (Å²) in [4.78, 5) is 52.8. The second-order valence-electron chi connectivity index (χ2n) is 5.94. The van der Waals surface area contributed by atoms with Gasteiger partial charge in [0.2, 0.25) is 5.91 Å². The molecule has 0 fully saturated rings. The second-order valence-corrected chi connectivity index (χ2v) is 5.94. The fourth-order valence-electron chi connectivity index (χ4n) is 2.32. The van der Waals surface area contributed by atoms with Crippen LogP contribution in [0.3, 0.4) is 0 Å². The van der Waals surface area contributed by atoms with Crippen LogP contribution < -0.4 is 10.6 Å². The van der Waals surface area contributed by atoms with Crippen LogP contribution in [0.1, 0.15) is 35.2 Å². The van der Waals surface area contributed by atoms with Crippen molar-refractivity contribution in [1.29, 1.82) is 0 Å². The molecule has 0 saturated carbocycles. The zero-order chi connectivity index (χ0) is 19.8. The number of H-pyrrole nitrogens is 1. The van der Waals surface area contributed by atoms with Gasteiger partial charge in [0.25, 0.3) is 5.91 Å². The highest BCUT2D eigenvalue weighted by molar-refractivity contribution is 5.96. The van der Waals surface area contributed by atoms with E-state index in [0.29, 0.717) is 18.5 Å². The van der Waals surface area contributed by atoms with Gasteiger partial charge in [-0.3, -0.25) is 14.4 Å². The summed E-state index contributed by atoms with van der Waals surface area (Å²) >= 11 is 0. The molecule has 27 heavy (non-hydrogen) atoms. The molecular weight excluding hydrogens is 352 g/mol. The molecule has 9 nitrogen and oxygen atoms in total. The van der Waals surface area contributed by atoms with E-state index in [2.05, 4.69) is 20.6 Å². The smallest absolute Gasteiger partial charge is 0.305 e. The normalized spacial score (nSPS) is 12.6. The number of aliphatic carboxylic acids is 1. The van der Waals surface area contributed by atoms with Crippen molar-refractivity contribution >= 4 is 24.1 Å². The number of carbonyl (C=O) groups excluding carboxylic acids is 3. The number of carboxylic acid groups (broad SMARTS) is 1. The van der Waals surface area contributed by atoms with Crippen molar-refractivity contribution in [2.24, 2.45) is 0 Å². The number of nitrogens with zero attached hydrogens (tertiary/aromatic N) is 1. The van der Waals surface area contributed by atoms with E-state index in [4.69, 9.17) is 5.11 Å². The van der Waals surface area contributed by atoms with E-state index >= 15 is 0 Å². The molecular formula is C18H20N4O5. The van der Waals surface area contributed by atoms with Gasteiger partial charge in [0.15, 0.2) is 0 Å². The Labute approximate surface area is 155 Å². The van der Waals surface area contributed by atoms with Crippen LogP contribution in [-0.4, -0.2) is 51.2 Å². The number of hydrogen-bond donors (Lipinski definition) is 4. The van der Waals surface area contributed by atoms with Crippen LogP contribution in [-0.2, 0) is 20.8 Å². The van der Waals surface area contributed by atoms with Gasteiger partial charge in [0.1, 0.15) is 23.8 Å². The number of aromatic nitrogens is 2. The highest BCUT2D eigenvalue weighted by Crippen LogP contribution is 2.06. The van der Waals surface area contributed by atoms with Crippen LogP contribution in [0.5, 0.6) is 0 Å². The highest BCUT2D eigenvalue weighted by Gasteiger charge is 2.22. The van der Waals surface area contributed by atoms with E-state index in [0.717, 1.165) is 5.56 Å². The van der Waals surface area contributed by atoms with Gasteiger partial charge in [0, 0.05) is 12.6 Å². The van der Waals surface area contributed by atoms with Crippen molar-refractivity contribution in [3.05, 3.63) is 53.6 Å². The van der Waals surface area contributed by atoms with Crippen molar-refractivity contribution in [1.82, 2.24) is 20.6 Å². The zero-order valence-electron chi connectivity index (χ0n) is 14.6. The second kappa shape index (κ2) is 9.27. The SMILES string of the molecule is C[C@H](NC(=O)c1c[nH]c(Cc2ccccc2)n1)C(=O)NC(C=O)CC(=O)O. The molecule has 0 bridgehead atoms. The molecule has 1 aromatic heterocycles. The van der Waals surface area contributed by atoms with Gasteiger partial charge in [-0.05, 0) is 12.5 Å². The Morgan fingerprint density at radius 3 is 2.56 bits per heavy atom. The van der Waals surface area contributed by atoms with Gasteiger partial charge in [-0.1, -0.05) is 30.3 Å². The Bertz CT molecular complexity index is 818. The minimum Gasteiger partial charge on any atom is -0.481 e. The van der Waals surface area contributed by atoms with Crippen LogP contribution in [0.4, 0.5) is 0 Å². The monoisotopic (exact) mass is 372 g/mol. The van der Waals surface area contributed by atoms with Gasteiger partial charge >= 0.3 is 5.97 Å². The van der Waals surface area contributed by atoms with E-state index < -0.39 is 36.3 Å². The van der Waals surface area contributed by atoms with E-state index in [9.17, 15) is 19.2 Å². The number of nitrogens with one attached hydrogen (secondary N) is 3. The summed E-state index contributed by atoms with van der Waals surface area (Å²) in [5.41, 5.74) is 1.16. The molecule has 1 heterocycles. The summed E-state index contributed by atoms with van der Waals surface area (Å²) in [6, 6.07) is 7.47. The van der Waals surface area contributed by atoms with Crippen molar-refractivity contribution in [2.75, 3.05) is 0 Å². The number of carboxylic acids is 1. The summed E-state index contributed by atoms with van der Waals surface area (Å²) in [6.45, 7) is 1.42. The lowest BCUT2D eigenvalue weighted by Gasteiger charge is -2.16. The molecule has 0 aliphatic heterocycles. The third-order valence-electron chi connectivity index (χ3n) is 3.71. The minimum absolute atomic E-state index is 0.123. The molecule has 2 rings (SSSR count). The van der Waals surface area contributed by atoms with Gasteiger partial charge in [-0.25, -0.2) is 4.98 Å². The molecule has 2 aromatic rings. The Hall–Kier alpha value is -3.49. The standard InChI is InChI=1S/C18H20N4O5/c1-11(17(26)21-13(10-23)8-16(24)25)20-18(27)14-9-19-15(22-14)7-12-5-3-2-4-6-12/h2-6,9-11,13H,7-8H2,1H3,(H,19,22)(H,20,27)(H,21,26)(H,24,25)/t11-,13?/m0/s1. The van der Waals surface area contributed by atoms with Gasteiger partial charge in [-0.15, -0.1) is 0 Å². The van der Waals surface area contributed by atoms with Crippen molar-refractivity contribution < 1.29 is 24.3 Å². The number of amides is 2. The predicted octanol–water partition coefficient (Wildman–Crippen LogP) is 0.277. The molecule has 0 aliphatic carbocycles. The Morgan fingerprint density at radius 2 is 1.93 bits per heavy atom. The maximum Gasteiger partial charge on any atom is 0.305 e. The largest absolute Gasteiger partial charge is 0.481 e. The topological polar surface area (TPSA) is 141 Å². The van der Waals surface area contributed by atoms with Crippen LogP contribution in [0.2, 0.25) is 0 Å². The fraction of sp³-hybridized carbons (Fsp3) is 0.278. The fourth-order valence-corrected chi connectivity index (χ4v) is 2.32. The molecule has 0 saturated heterocycles. The van der Waals surface area contributed by atoms with E-state index in [1.165, 1.54) is 13.1 Å². The van der Waals surface area contributed by atoms with E-state index in [1.807, 2.05) is 30.3 Å². The van der Waals surface area contributed by atoms with E-state index in [1.54, 1.807) is 0 Å². The molecule has 0 radical (unpaired) electrons. The highest BCUT2D eigenvalue weighted by atomic mass is 16.4. The lowest BCUT2D eigenvalue weighted by molar-refractivity contribution is -0.138. The molecule has 1 unspecified atom stereocenters. The molecule has 0 aliphatic rings. The Balaban J connectivity index is 1.91. The van der Waals surface area contributed by atoms with Gasteiger partial charge in [-0.2, -0.15) is 0 Å². The molecule has 1 aromatic carbocycles. The number of benzene rings is 1. The average molecular weight is 372 g/mol. The Morgan fingerprint density at radius 1 is 1.22 bits per heavy atom. The number of aromatic amines is 1. The van der Waals surface area contributed by atoms with E-state index in [-0.39, 0.29) is 5.69 Å². The van der Waals surface area contributed by atoms with Crippen LogP contribution >= 0.6 is 0 Å². The number of rotatable bonds is 9. The van der Waals surface area contributed by atoms with Crippen LogP contribution in [0, 0.1) is 0 Å². The molecule has 2 amide bonds. The third-order valence-corrected chi connectivity index (χ3v) is 3.71. The lowest BCUT2D eigenvalue weighted by Crippen LogP contribution is -2.49. The maximum atomic E-state index is 12.2. The third kappa shape index (κ3) is 6.07. The zero-order valence-corrected chi connectivity index (χ0v) is 14.6. The van der Waals surface area contributed by atoms with Gasteiger partial charge < -0.3 is 25.5 Å². The predicted molar refractivity (Wildman–Crippen MR) is 95.0 cm³/mol. The van der Waals surface area contributed by atoms with Crippen LogP contribution in [0.25, 0.3) is 0 Å². The van der Waals surface area contributed by atoms with Crippen molar-refractivity contribution in [2.45, 2.75) is 31.8 Å². The number of carbonyl (C=O) groups is 4. The number of aldehydes is 1. The number of hydrogen-bond acceptors (Lipinski definition) is 5. The first-order valence-corrected chi connectivity index (χ1v) is 8.25. The first kappa shape index (κ1) is 19.8. The summed E-state index contributed by atoms with van der Waals surface area (Å²) in [7, 11) is 0. The minimum atomic E-state index is -1.22. The summed E-state index contributed by atoms with van der Waals surface area (Å²) in [5.74, 6) is -1.84. The number of imidazole rings is 1. The molecule has 4 N–H and O–H groups in total. The summed E-state index contributed by atoms with van der Waals surface area (Å²) in [6.07, 6.45) is 1.78. The average Bonchev–Trinajstić information content (AvgIpc) is 3.10. The quantitative estimate of drug-likeness (QED) is 0.466.